The zero-order valence-corrected chi connectivity index (χ0v) is 7.47. The molecule has 72 valence electrons. The molecule has 0 aliphatic rings. The number of carbonyl (C=O) groups is 1. The monoisotopic (exact) mass is 186 g/mol. The molecule has 3 heteroatoms. The molecular formula is C10H12F2O. The molecule has 0 saturated heterocycles. The maximum atomic E-state index is 12.5. The van der Waals surface area contributed by atoms with E-state index in [1.807, 2.05) is 6.92 Å². The lowest BCUT2D eigenvalue weighted by atomic mass is 10.2. The molecule has 0 aromatic rings. The van der Waals surface area contributed by atoms with Gasteiger partial charge in [-0.15, -0.1) is 0 Å². The van der Waals surface area contributed by atoms with Crippen molar-refractivity contribution in [3.8, 4) is 0 Å². The average molecular weight is 186 g/mol. The molecule has 0 fully saturated rings. The zero-order valence-electron chi connectivity index (χ0n) is 7.47. The predicted octanol–water partition coefficient (Wildman–Crippen LogP) is 2.90. The Morgan fingerprint density at radius 1 is 1.46 bits per heavy atom. The normalized spacial score (nSPS) is 12.5. The summed E-state index contributed by atoms with van der Waals surface area (Å²) in [4.78, 5) is 10.8. The Balaban J connectivity index is 4.20. The van der Waals surface area contributed by atoms with Crippen LogP contribution in [0.4, 0.5) is 8.78 Å². The van der Waals surface area contributed by atoms with Gasteiger partial charge in [-0.3, -0.25) is 4.79 Å². The van der Waals surface area contributed by atoms with Crippen molar-refractivity contribution in [1.29, 1.82) is 0 Å². The summed E-state index contributed by atoms with van der Waals surface area (Å²) in [5, 5.41) is 0. The number of alkyl halides is 2. The van der Waals surface area contributed by atoms with Crippen LogP contribution in [-0.2, 0) is 4.79 Å². The van der Waals surface area contributed by atoms with Gasteiger partial charge in [0.25, 0.3) is 5.92 Å². The van der Waals surface area contributed by atoms with Crippen molar-refractivity contribution in [2.24, 2.45) is 0 Å². The predicted molar refractivity (Wildman–Crippen MR) is 48.7 cm³/mol. The lowest BCUT2D eigenvalue weighted by Gasteiger charge is -2.01. The third-order valence-corrected chi connectivity index (χ3v) is 1.26. The quantitative estimate of drug-likeness (QED) is 0.476. The summed E-state index contributed by atoms with van der Waals surface area (Å²) in [5.41, 5.74) is 0. The largest absolute Gasteiger partial charge is 0.290 e. The van der Waals surface area contributed by atoms with E-state index in [0.29, 0.717) is 18.6 Å². The molecule has 0 N–H and O–H groups in total. The number of ketones is 1. The van der Waals surface area contributed by atoms with Gasteiger partial charge >= 0.3 is 0 Å². The number of hydrogen-bond donors (Lipinski definition) is 0. The highest BCUT2D eigenvalue weighted by Gasteiger charge is 2.18. The van der Waals surface area contributed by atoms with E-state index in [9.17, 15) is 13.6 Å². The smallest absolute Gasteiger partial charge is 0.285 e. The summed E-state index contributed by atoms with van der Waals surface area (Å²) >= 11 is 0. The molecule has 0 amide bonds. The van der Waals surface area contributed by atoms with Gasteiger partial charge < -0.3 is 0 Å². The Kier molecular flexibility index (Phi) is 4.89. The van der Waals surface area contributed by atoms with E-state index < -0.39 is 11.7 Å². The molecule has 0 rings (SSSR count). The van der Waals surface area contributed by atoms with Gasteiger partial charge in [-0.25, -0.2) is 0 Å². The van der Waals surface area contributed by atoms with Gasteiger partial charge in [0.2, 0.25) is 0 Å². The Morgan fingerprint density at radius 2 is 2.08 bits per heavy atom. The highest BCUT2D eigenvalue weighted by atomic mass is 19.3. The molecule has 0 unspecified atom stereocenters. The lowest BCUT2D eigenvalue weighted by molar-refractivity contribution is -0.110. The van der Waals surface area contributed by atoms with E-state index in [-0.39, 0.29) is 0 Å². The van der Waals surface area contributed by atoms with Crippen LogP contribution in [0.2, 0.25) is 0 Å². The first kappa shape index (κ1) is 11.8. The molecule has 0 spiro atoms. The first-order valence-electron chi connectivity index (χ1n) is 3.93. The Morgan fingerprint density at radius 3 is 2.54 bits per heavy atom. The van der Waals surface area contributed by atoms with Crippen LogP contribution in [0.3, 0.4) is 0 Å². The molecule has 0 bridgehead atoms. The Hall–Kier alpha value is -1.25. The van der Waals surface area contributed by atoms with Crippen molar-refractivity contribution in [3.63, 3.8) is 0 Å². The van der Waals surface area contributed by atoms with Gasteiger partial charge in [-0.2, -0.15) is 8.78 Å². The summed E-state index contributed by atoms with van der Waals surface area (Å²) in [6, 6.07) is 0. The van der Waals surface area contributed by atoms with Crippen molar-refractivity contribution < 1.29 is 13.6 Å². The van der Waals surface area contributed by atoms with Crippen LogP contribution in [-0.4, -0.2) is 11.7 Å². The minimum atomic E-state index is -3.10. The fraction of sp³-hybridized carbons (Fsp3) is 0.300. The van der Waals surface area contributed by atoms with E-state index in [1.54, 1.807) is 6.08 Å². The highest BCUT2D eigenvalue weighted by Crippen LogP contribution is 2.15. The van der Waals surface area contributed by atoms with E-state index in [2.05, 4.69) is 6.58 Å². The number of allylic oxidation sites excluding steroid dienone is 5. The topological polar surface area (TPSA) is 17.1 Å². The number of carbonyl (C=O) groups excluding carboxylic acids is 1. The highest BCUT2D eigenvalue weighted by molar-refractivity contribution is 5.99. The molecule has 0 aromatic heterocycles. The summed E-state index contributed by atoms with van der Waals surface area (Å²) < 4.78 is 24.9. The fourth-order valence-corrected chi connectivity index (χ4v) is 0.551. The van der Waals surface area contributed by atoms with Gasteiger partial charge in [-0.05, 0) is 30.7 Å². The molecule has 0 radical (unpaired) electrons. The van der Waals surface area contributed by atoms with E-state index in [0.717, 1.165) is 6.08 Å². The standard InChI is InChI=1S/C10H12F2O/c1-3-5-6-9(13)7-8-10(11,12)4-2/h4-8H,2-3H2,1H3/b6-5+,8-7+. The van der Waals surface area contributed by atoms with Gasteiger partial charge in [0.15, 0.2) is 5.78 Å². The molecule has 0 aliphatic heterocycles. The van der Waals surface area contributed by atoms with Crippen LogP contribution in [0.25, 0.3) is 0 Å². The molecule has 13 heavy (non-hydrogen) atoms. The minimum absolute atomic E-state index is 0.441. The maximum absolute atomic E-state index is 12.5. The molecule has 0 aromatic carbocycles. The van der Waals surface area contributed by atoms with Crippen LogP contribution in [0.5, 0.6) is 0 Å². The van der Waals surface area contributed by atoms with Crippen LogP contribution < -0.4 is 0 Å². The van der Waals surface area contributed by atoms with Crippen LogP contribution in [0.15, 0.2) is 37.0 Å². The number of halogens is 2. The first-order valence-corrected chi connectivity index (χ1v) is 3.93. The molecule has 0 saturated carbocycles. The second-order valence-electron chi connectivity index (χ2n) is 2.42. The zero-order chi connectivity index (χ0) is 10.3. The fourth-order valence-electron chi connectivity index (χ4n) is 0.551. The SMILES string of the molecule is C=CC(F)(F)/C=C/C(=O)/C=C/CC. The summed E-state index contributed by atoms with van der Waals surface area (Å²) in [7, 11) is 0. The van der Waals surface area contributed by atoms with Gasteiger partial charge in [0, 0.05) is 0 Å². The second-order valence-corrected chi connectivity index (χ2v) is 2.42. The third kappa shape index (κ3) is 5.96. The summed E-state index contributed by atoms with van der Waals surface area (Å²) in [6.45, 7) is 4.79. The first-order chi connectivity index (χ1) is 6.02. The van der Waals surface area contributed by atoms with Crippen molar-refractivity contribution in [2.45, 2.75) is 19.3 Å². The van der Waals surface area contributed by atoms with Crippen LogP contribution in [0.1, 0.15) is 13.3 Å². The molecule has 1 nitrogen and oxygen atoms in total. The molecule has 0 heterocycles. The average Bonchev–Trinajstić information content (AvgIpc) is 2.11. The van der Waals surface area contributed by atoms with Crippen LogP contribution >= 0.6 is 0 Å². The van der Waals surface area contributed by atoms with Crippen molar-refractivity contribution in [3.05, 3.63) is 37.0 Å². The third-order valence-electron chi connectivity index (χ3n) is 1.26. The lowest BCUT2D eigenvalue weighted by Crippen LogP contribution is -2.06. The maximum Gasteiger partial charge on any atom is 0.285 e. The summed E-state index contributed by atoms with van der Waals surface area (Å²) in [5.74, 6) is -3.54. The van der Waals surface area contributed by atoms with Crippen molar-refractivity contribution in [1.82, 2.24) is 0 Å². The Labute approximate surface area is 76.4 Å². The Bertz CT molecular complexity index is 239. The van der Waals surface area contributed by atoms with Gasteiger partial charge in [0.05, 0.1) is 0 Å². The van der Waals surface area contributed by atoms with Crippen molar-refractivity contribution >= 4 is 5.78 Å². The molecular weight excluding hydrogens is 174 g/mol. The summed E-state index contributed by atoms with van der Waals surface area (Å²) in [6.07, 6.45) is 5.43. The number of hydrogen-bond acceptors (Lipinski definition) is 1. The van der Waals surface area contributed by atoms with Crippen molar-refractivity contribution in [2.75, 3.05) is 0 Å². The van der Waals surface area contributed by atoms with E-state index in [1.165, 1.54) is 6.08 Å². The van der Waals surface area contributed by atoms with E-state index >= 15 is 0 Å². The second kappa shape index (κ2) is 5.41. The van der Waals surface area contributed by atoms with E-state index in [4.69, 9.17) is 0 Å². The molecule has 0 atom stereocenters. The minimum Gasteiger partial charge on any atom is -0.290 e. The number of rotatable bonds is 5. The molecule has 0 aliphatic carbocycles. The van der Waals surface area contributed by atoms with Gasteiger partial charge in [0.1, 0.15) is 0 Å². The van der Waals surface area contributed by atoms with Crippen LogP contribution in [0, 0.1) is 0 Å². The van der Waals surface area contributed by atoms with Gasteiger partial charge in [-0.1, -0.05) is 19.6 Å².